The first-order valence-electron chi connectivity index (χ1n) is 17.1. The summed E-state index contributed by atoms with van der Waals surface area (Å²) < 4.78 is 0. The van der Waals surface area contributed by atoms with Gasteiger partial charge in [0.15, 0.2) is 0 Å². The number of hydrogen-bond acceptors (Lipinski definition) is 0. The smallest absolute Gasteiger partial charge is 0.0000729 e. The summed E-state index contributed by atoms with van der Waals surface area (Å²) in [7, 11) is 0. The van der Waals surface area contributed by atoms with Gasteiger partial charge < -0.3 is 0 Å². The third-order valence-corrected chi connectivity index (χ3v) is 10.7. The fraction of sp³-hybridized carbons (Fsp3) is 0.125. The van der Waals surface area contributed by atoms with Crippen LogP contribution in [0.1, 0.15) is 66.8 Å². The summed E-state index contributed by atoms with van der Waals surface area (Å²) in [6.07, 6.45) is 0. The molecule has 3 aliphatic carbocycles. The van der Waals surface area contributed by atoms with Gasteiger partial charge >= 0.3 is 0 Å². The predicted octanol–water partition coefficient (Wildman–Crippen LogP) is 12.4. The fourth-order valence-corrected chi connectivity index (χ4v) is 9.16. The molecule has 0 aliphatic heterocycles. The molecule has 9 rings (SSSR count). The van der Waals surface area contributed by atoms with Gasteiger partial charge in [-0.2, -0.15) is 0 Å². The molecule has 0 radical (unpaired) electrons. The van der Waals surface area contributed by atoms with Gasteiger partial charge in [0.05, 0.1) is 0 Å². The van der Waals surface area contributed by atoms with E-state index in [0.717, 1.165) is 0 Å². The highest BCUT2D eigenvalue weighted by Crippen LogP contribution is 2.63. The van der Waals surface area contributed by atoms with Crippen LogP contribution in [0.4, 0.5) is 0 Å². The summed E-state index contributed by atoms with van der Waals surface area (Å²) in [5, 5.41) is 0. The highest BCUT2D eigenvalue weighted by molar-refractivity contribution is 6.30. The first-order valence-corrected chi connectivity index (χ1v) is 17.1. The van der Waals surface area contributed by atoms with E-state index in [2.05, 4.69) is 163 Å². The van der Waals surface area contributed by atoms with Gasteiger partial charge in [-0.1, -0.05) is 132 Å². The Balaban J connectivity index is 1.56. The molecule has 48 heavy (non-hydrogen) atoms. The van der Waals surface area contributed by atoms with Crippen molar-refractivity contribution < 1.29 is 0 Å². The lowest BCUT2D eigenvalue weighted by atomic mass is 9.64. The molecular weight excluding hydrogens is 577 g/mol. The maximum atomic E-state index is 2.37. The molecule has 0 unspecified atom stereocenters. The van der Waals surface area contributed by atoms with Crippen molar-refractivity contribution in [2.24, 2.45) is 0 Å². The minimum atomic E-state index is 1.31. The van der Waals surface area contributed by atoms with Crippen molar-refractivity contribution in [1.82, 2.24) is 0 Å². The van der Waals surface area contributed by atoms with Crippen LogP contribution in [0.3, 0.4) is 0 Å². The quantitative estimate of drug-likeness (QED) is 0.182. The largest absolute Gasteiger partial charge is 0.0616 e. The number of benzene rings is 6. The van der Waals surface area contributed by atoms with Crippen molar-refractivity contribution in [2.45, 2.75) is 41.5 Å². The highest BCUT2D eigenvalue weighted by atomic mass is 14.4. The predicted molar refractivity (Wildman–Crippen MR) is 204 cm³/mol. The Hall–Kier alpha value is -5.46. The molecule has 0 saturated heterocycles. The molecule has 3 aliphatic rings. The molecule has 0 N–H and O–H groups in total. The molecule has 0 atom stereocenters. The van der Waals surface area contributed by atoms with Crippen LogP contribution in [0, 0.1) is 41.5 Å². The van der Waals surface area contributed by atoms with E-state index in [-0.39, 0.29) is 0 Å². The molecule has 0 saturated carbocycles. The average Bonchev–Trinajstić information content (AvgIpc) is 3.56. The van der Waals surface area contributed by atoms with Crippen molar-refractivity contribution in [3.63, 3.8) is 0 Å². The number of aryl methyl sites for hydroxylation is 6. The summed E-state index contributed by atoms with van der Waals surface area (Å²) in [5.74, 6) is 0. The fourth-order valence-electron chi connectivity index (χ4n) is 9.16. The molecular formula is C48H38. The minimum Gasteiger partial charge on any atom is -0.0616 e. The first kappa shape index (κ1) is 28.7. The van der Waals surface area contributed by atoms with E-state index in [4.69, 9.17) is 0 Å². The number of hydrogen-bond donors (Lipinski definition) is 0. The van der Waals surface area contributed by atoms with E-state index < -0.39 is 0 Å². The zero-order chi connectivity index (χ0) is 32.8. The van der Waals surface area contributed by atoms with Crippen LogP contribution in [0.2, 0.25) is 0 Å². The van der Waals surface area contributed by atoms with Crippen LogP contribution in [-0.4, -0.2) is 0 Å². The third-order valence-electron chi connectivity index (χ3n) is 10.7. The van der Waals surface area contributed by atoms with Crippen LogP contribution in [0.25, 0.3) is 44.5 Å². The summed E-state index contributed by atoms with van der Waals surface area (Å²) in [6, 6.07) is 45.6. The zero-order valence-electron chi connectivity index (χ0n) is 28.5. The van der Waals surface area contributed by atoms with E-state index in [0.29, 0.717) is 0 Å². The van der Waals surface area contributed by atoms with Gasteiger partial charge in [-0.3, -0.25) is 0 Å². The minimum absolute atomic E-state index is 1.31. The lowest BCUT2D eigenvalue weighted by Gasteiger charge is -2.38. The normalized spacial score (nSPS) is 14.2. The molecule has 0 nitrogen and oxygen atoms in total. The monoisotopic (exact) mass is 614 g/mol. The van der Waals surface area contributed by atoms with Crippen molar-refractivity contribution in [2.75, 3.05) is 0 Å². The molecule has 0 heteroatoms. The van der Waals surface area contributed by atoms with Crippen LogP contribution in [-0.2, 0) is 0 Å². The summed E-state index contributed by atoms with van der Waals surface area (Å²) in [6.45, 7) is 13.7. The van der Waals surface area contributed by atoms with Crippen molar-refractivity contribution >= 4 is 22.3 Å². The van der Waals surface area contributed by atoms with Crippen LogP contribution in [0.15, 0.2) is 132 Å². The van der Waals surface area contributed by atoms with E-state index in [1.54, 1.807) is 0 Å². The van der Waals surface area contributed by atoms with E-state index >= 15 is 0 Å². The van der Waals surface area contributed by atoms with Crippen LogP contribution >= 0.6 is 0 Å². The van der Waals surface area contributed by atoms with Crippen molar-refractivity contribution in [1.29, 1.82) is 0 Å². The van der Waals surface area contributed by atoms with Gasteiger partial charge in [0, 0.05) is 0 Å². The Labute approximate surface area is 284 Å². The molecule has 0 bridgehead atoms. The lowest BCUT2D eigenvalue weighted by molar-refractivity contribution is 1.25. The second-order valence-electron chi connectivity index (χ2n) is 14.0. The Bertz CT molecular complexity index is 2170. The Kier molecular flexibility index (Phi) is 6.30. The standard InChI is InChI=1S/C48H38/c1-27-23-29(3)41(30(4)24-27)45-46(42-31(5)25-28(2)26-32(42)6)48(44-39-21-13-9-17-35(39)36-18-10-14-22-40(36)44)47(45)43-37-19-11-7-15-33(37)34-16-8-12-20-38(34)43/h7-26H,1-6H3. The lowest BCUT2D eigenvalue weighted by Crippen LogP contribution is -2.18. The van der Waals surface area contributed by atoms with Gasteiger partial charge in [0.2, 0.25) is 0 Å². The highest BCUT2D eigenvalue weighted by Gasteiger charge is 2.43. The molecule has 0 heterocycles. The van der Waals surface area contributed by atoms with Crippen molar-refractivity contribution in [3.8, 4) is 22.3 Å². The van der Waals surface area contributed by atoms with Crippen LogP contribution < -0.4 is 0 Å². The Morgan fingerprint density at radius 2 is 0.479 bits per heavy atom. The van der Waals surface area contributed by atoms with Gasteiger partial charge in [-0.15, -0.1) is 0 Å². The number of fused-ring (bicyclic) bond motifs is 6. The number of rotatable bonds is 2. The molecule has 6 aromatic rings. The van der Waals surface area contributed by atoms with E-state index in [1.807, 2.05) is 0 Å². The second-order valence-corrected chi connectivity index (χ2v) is 14.0. The number of allylic oxidation sites excluding steroid dienone is 4. The SMILES string of the molecule is Cc1cc(C)c(C2=C(c3c(C)cc(C)cc3C)C(=C3c4ccccc4-c4ccccc43)C2=C2c3ccccc3-c3ccccc32)c(C)c1. The molecule has 0 aromatic heterocycles. The van der Waals surface area contributed by atoms with Gasteiger partial charge in [-0.25, -0.2) is 0 Å². The van der Waals surface area contributed by atoms with Crippen molar-refractivity contribution in [3.05, 3.63) is 199 Å². The van der Waals surface area contributed by atoms with E-state index in [9.17, 15) is 0 Å². The average molecular weight is 615 g/mol. The maximum Gasteiger partial charge on any atom is -0.0000729 e. The molecule has 230 valence electrons. The van der Waals surface area contributed by atoms with E-state index in [1.165, 1.54) is 122 Å². The van der Waals surface area contributed by atoms with Gasteiger partial charge in [0.1, 0.15) is 0 Å². The Morgan fingerprint density at radius 3 is 0.729 bits per heavy atom. The second kappa shape index (κ2) is 10.5. The summed E-state index contributed by atoms with van der Waals surface area (Å²) in [4.78, 5) is 0. The Morgan fingerprint density at radius 1 is 0.250 bits per heavy atom. The molecule has 0 fully saturated rings. The summed E-state index contributed by atoms with van der Waals surface area (Å²) >= 11 is 0. The van der Waals surface area contributed by atoms with Crippen LogP contribution in [0.5, 0.6) is 0 Å². The van der Waals surface area contributed by atoms with Gasteiger partial charge in [-0.05, 0) is 153 Å². The molecule has 0 spiro atoms. The zero-order valence-corrected chi connectivity index (χ0v) is 28.5. The maximum absolute atomic E-state index is 2.37. The third kappa shape index (κ3) is 3.96. The molecule has 0 amide bonds. The first-order chi connectivity index (χ1) is 23.3. The topological polar surface area (TPSA) is 0 Å². The summed E-state index contributed by atoms with van der Waals surface area (Å²) in [5.41, 5.74) is 29.4. The molecule has 6 aromatic carbocycles. The van der Waals surface area contributed by atoms with Gasteiger partial charge in [0.25, 0.3) is 0 Å².